The molecule has 0 bridgehead atoms. The Kier molecular flexibility index (Phi) is 4.92. The molecule has 2 aromatic carbocycles. The van der Waals surface area contributed by atoms with Gasteiger partial charge in [0.15, 0.2) is 5.78 Å². The number of oxime groups is 1. The summed E-state index contributed by atoms with van der Waals surface area (Å²) in [6, 6.07) is 11.6. The zero-order valence-corrected chi connectivity index (χ0v) is 18.8. The van der Waals surface area contributed by atoms with Crippen molar-refractivity contribution in [1.82, 2.24) is 0 Å². The Labute approximate surface area is 183 Å². The Bertz CT molecular complexity index is 1160. The van der Waals surface area contributed by atoms with Gasteiger partial charge in [0.2, 0.25) is 0 Å². The summed E-state index contributed by atoms with van der Waals surface area (Å²) in [4.78, 5) is 12.1. The van der Waals surface area contributed by atoms with E-state index in [0.29, 0.717) is 29.7 Å². The summed E-state index contributed by atoms with van der Waals surface area (Å²) < 4.78 is 0. The molecular weight excluding hydrogens is 386 g/mol. The third-order valence-corrected chi connectivity index (χ3v) is 6.63. The standard InChI is InChI=1S/C27H29NO3/c1-16-14-20-21(27(4,5)13-12-26(20,2)3)15-19(16)25(28-31)18-8-6-17(7-9-18)24-22(29)10-11-23(24)30/h6-9,12-15,29,31H,10-11H2,1-5H3/b28-25-. The van der Waals surface area contributed by atoms with Gasteiger partial charge in [0.25, 0.3) is 0 Å². The molecule has 0 saturated heterocycles. The number of aryl methyl sites for hydroxylation is 1. The van der Waals surface area contributed by atoms with Crippen molar-refractivity contribution in [3.05, 3.63) is 87.7 Å². The Morgan fingerprint density at radius 1 is 0.935 bits per heavy atom. The summed E-state index contributed by atoms with van der Waals surface area (Å²) in [5, 5.41) is 23.6. The van der Waals surface area contributed by atoms with Gasteiger partial charge in [-0.25, -0.2) is 0 Å². The van der Waals surface area contributed by atoms with E-state index < -0.39 is 0 Å². The summed E-state index contributed by atoms with van der Waals surface area (Å²) in [6.45, 7) is 10.9. The van der Waals surface area contributed by atoms with E-state index in [2.05, 4.69) is 57.1 Å². The number of benzene rings is 2. The smallest absolute Gasteiger partial charge is 0.167 e. The molecule has 0 unspecified atom stereocenters. The first kappa shape index (κ1) is 21.1. The fourth-order valence-corrected chi connectivity index (χ4v) is 4.66. The van der Waals surface area contributed by atoms with Crippen molar-refractivity contribution in [3.63, 3.8) is 0 Å². The number of aliphatic hydroxyl groups is 1. The van der Waals surface area contributed by atoms with Crippen LogP contribution in [0.5, 0.6) is 0 Å². The first-order valence-electron chi connectivity index (χ1n) is 10.7. The maximum Gasteiger partial charge on any atom is 0.167 e. The highest BCUT2D eigenvalue weighted by atomic mass is 16.4. The fraction of sp³-hybridized carbons (Fsp3) is 0.333. The minimum absolute atomic E-state index is 0.0373. The van der Waals surface area contributed by atoms with Gasteiger partial charge in [0.05, 0.1) is 5.57 Å². The second-order valence-electron chi connectivity index (χ2n) is 9.76. The molecule has 4 rings (SSSR count). The van der Waals surface area contributed by atoms with Crippen LogP contribution in [0, 0.1) is 6.92 Å². The largest absolute Gasteiger partial charge is 0.512 e. The van der Waals surface area contributed by atoms with Crippen molar-refractivity contribution in [3.8, 4) is 0 Å². The zero-order valence-electron chi connectivity index (χ0n) is 18.8. The summed E-state index contributed by atoms with van der Waals surface area (Å²) in [5.41, 5.74) is 6.59. The third-order valence-electron chi connectivity index (χ3n) is 6.63. The summed E-state index contributed by atoms with van der Waals surface area (Å²) in [5.74, 6) is 0.113. The fourth-order valence-electron chi connectivity index (χ4n) is 4.66. The van der Waals surface area contributed by atoms with Crippen molar-refractivity contribution in [2.45, 2.75) is 58.3 Å². The molecule has 2 aliphatic carbocycles. The molecule has 2 aromatic rings. The van der Waals surface area contributed by atoms with Gasteiger partial charge in [-0.2, -0.15) is 0 Å². The second kappa shape index (κ2) is 7.23. The van der Waals surface area contributed by atoms with Gasteiger partial charge in [-0.15, -0.1) is 0 Å². The molecule has 31 heavy (non-hydrogen) atoms. The number of rotatable bonds is 3. The third kappa shape index (κ3) is 3.50. The van der Waals surface area contributed by atoms with E-state index in [9.17, 15) is 15.1 Å². The molecular formula is C27H29NO3. The maximum absolute atomic E-state index is 12.1. The van der Waals surface area contributed by atoms with Crippen molar-refractivity contribution < 1.29 is 15.1 Å². The second-order valence-corrected chi connectivity index (χ2v) is 9.76. The number of carbonyl (C=O) groups is 1. The lowest BCUT2D eigenvalue weighted by Gasteiger charge is -2.37. The van der Waals surface area contributed by atoms with Gasteiger partial charge in [0.1, 0.15) is 11.5 Å². The number of aliphatic hydroxyl groups excluding tert-OH is 1. The number of allylic oxidation sites excluding steroid dienone is 4. The highest BCUT2D eigenvalue weighted by Gasteiger charge is 2.34. The number of nitrogens with zero attached hydrogens (tertiary/aromatic N) is 1. The first-order valence-corrected chi connectivity index (χ1v) is 10.7. The molecule has 0 radical (unpaired) electrons. The lowest BCUT2D eigenvalue weighted by atomic mass is 9.67. The predicted molar refractivity (Wildman–Crippen MR) is 124 cm³/mol. The van der Waals surface area contributed by atoms with Crippen LogP contribution in [0.1, 0.15) is 73.9 Å². The minimum atomic E-state index is -0.120. The summed E-state index contributed by atoms with van der Waals surface area (Å²) in [7, 11) is 0. The van der Waals surface area contributed by atoms with E-state index in [1.54, 1.807) is 12.1 Å². The number of hydrogen-bond donors (Lipinski definition) is 2. The highest BCUT2D eigenvalue weighted by Crippen LogP contribution is 2.42. The number of hydrogen-bond acceptors (Lipinski definition) is 4. The van der Waals surface area contributed by atoms with Gasteiger partial charge in [0, 0.05) is 34.8 Å². The van der Waals surface area contributed by atoms with Crippen molar-refractivity contribution in [2.24, 2.45) is 5.16 Å². The van der Waals surface area contributed by atoms with Crippen LogP contribution in [-0.2, 0) is 15.6 Å². The van der Waals surface area contributed by atoms with Crippen LogP contribution in [0.15, 0.2) is 59.5 Å². The summed E-state index contributed by atoms with van der Waals surface area (Å²) in [6.07, 6.45) is 5.26. The maximum atomic E-state index is 12.1. The van der Waals surface area contributed by atoms with E-state index in [4.69, 9.17) is 0 Å². The van der Waals surface area contributed by atoms with Crippen LogP contribution in [0.25, 0.3) is 5.57 Å². The Balaban J connectivity index is 1.78. The van der Waals surface area contributed by atoms with Gasteiger partial charge < -0.3 is 10.3 Å². The average Bonchev–Trinajstić information content (AvgIpc) is 3.06. The quantitative estimate of drug-likeness (QED) is 0.280. The molecule has 2 N–H and O–H groups in total. The monoisotopic (exact) mass is 415 g/mol. The minimum Gasteiger partial charge on any atom is -0.512 e. The molecule has 0 spiro atoms. The van der Waals surface area contributed by atoms with E-state index in [-0.39, 0.29) is 22.4 Å². The van der Waals surface area contributed by atoms with Crippen LogP contribution in [-0.4, -0.2) is 21.8 Å². The van der Waals surface area contributed by atoms with E-state index in [1.165, 1.54) is 11.1 Å². The Morgan fingerprint density at radius 2 is 1.52 bits per heavy atom. The van der Waals surface area contributed by atoms with Crippen LogP contribution in [0.4, 0.5) is 0 Å². The van der Waals surface area contributed by atoms with Crippen molar-refractivity contribution in [2.75, 3.05) is 0 Å². The zero-order chi connectivity index (χ0) is 22.6. The first-order chi connectivity index (χ1) is 14.5. The number of carbonyl (C=O) groups excluding carboxylic acids is 1. The highest BCUT2D eigenvalue weighted by molar-refractivity contribution is 6.23. The Hall–Kier alpha value is -3.14. The van der Waals surface area contributed by atoms with Crippen LogP contribution in [0.3, 0.4) is 0 Å². The average molecular weight is 416 g/mol. The Morgan fingerprint density at radius 3 is 2.03 bits per heavy atom. The number of ketones is 1. The lowest BCUT2D eigenvalue weighted by Crippen LogP contribution is -2.29. The van der Waals surface area contributed by atoms with Gasteiger partial charge in [-0.05, 0) is 35.2 Å². The van der Waals surface area contributed by atoms with Gasteiger partial charge >= 0.3 is 0 Å². The molecule has 0 aromatic heterocycles. The molecule has 2 aliphatic rings. The van der Waals surface area contributed by atoms with Crippen LogP contribution in [0.2, 0.25) is 0 Å². The van der Waals surface area contributed by atoms with Crippen LogP contribution >= 0.6 is 0 Å². The van der Waals surface area contributed by atoms with E-state index in [0.717, 1.165) is 16.7 Å². The normalized spacial score (nSPS) is 19.6. The summed E-state index contributed by atoms with van der Waals surface area (Å²) >= 11 is 0. The van der Waals surface area contributed by atoms with Gasteiger partial charge in [-0.3, -0.25) is 4.79 Å². The SMILES string of the molecule is Cc1cc2c(cc1/C(=N\O)c1ccc(C3=C(O)CCC3=O)cc1)C(C)(C)C=CC2(C)C. The molecule has 0 fully saturated rings. The van der Waals surface area contributed by atoms with Gasteiger partial charge in [-0.1, -0.05) is 75.3 Å². The topological polar surface area (TPSA) is 69.9 Å². The molecule has 0 saturated carbocycles. The molecule has 0 amide bonds. The number of fused-ring (bicyclic) bond motifs is 1. The molecule has 4 nitrogen and oxygen atoms in total. The van der Waals surface area contributed by atoms with E-state index >= 15 is 0 Å². The molecule has 0 heterocycles. The molecule has 0 atom stereocenters. The number of Topliss-reactive ketones (excluding diaryl/α,β-unsaturated/α-hetero) is 1. The van der Waals surface area contributed by atoms with E-state index in [1.807, 2.05) is 19.1 Å². The molecule has 160 valence electrons. The van der Waals surface area contributed by atoms with Crippen LogP contribution < -0.4 is 0 Å². The molecule has 0 aliphatic heterocycles. The van der Waals surface area contributed by atoms with Crippen molar-refractivity contribution >= 4 is 17.1 Å². The molecule has 4 heteroatoms. The predicted octanol–water partition coefficient (Wildman–Crippen LogP) is 5.98. The van der Waals surface area contributed by atoms with Crippen molar-refractivity contribution in [1.29, 1.82) is 0 Å². The lowest BCUT2D eigenvalue weighted by molar-refractivity contribution is -0.113.